The molecule has 1 atom stereocenters. The zero-order valence-electron chi connectivity index (χ0n) is 16.6. The van der Waals surface area contributed by atoms with Gasteiger partial charge in [-0.1, -0.05) is 47.0 Å². The summed E-state index contributed by atoms with van der Waals surface area (Å²) in [6.45, 7) is 10.4. The first-order chi connectivity index (χ1) is 12.3. The van der Waals surface area contributed by atoms with Crippen LogP contribution in [0.25, 0.3) is 0 Å². The number of anilines is 1. The maximum absolute atomic E-state index is 6.35. The molecule has 138 valence electrons. The molecule has 0 amide bonds. The second kappa shape index (κ2) is 9.04. The Morgan fingerprint density at radius 2 is 1.65 bits per heavy atom. The zero-order valence-corrected chi connectivity index (χ0v) is 17.4. The Morgan fingerprint density at radius 3 is 2.27 bits per heavy atom. The molecule has 2 N–H and O–H groups in total. The molecule has 3 nitrogen and oxygen atoms in total. The number of hydrogen-bond acceptors (Lipinski definition) is 3. The fourth-order valence-corrected chi connectivity index (χ4v) is 4.20. The molecule has 0 fully saturated rings. The van der Waals surface area contributed by atoms with E-state index < -0.39 is 0 Å². The molecule has 0 aliphatic rings. The van der Waals surface area contributed by atoms with E-state index in [1.165, 1.54) is 27.8 Å². The van der Waals surface area contributed by atoms with Crippen molar-refractivity contribution in [2.24, 2.45) is 9.98 Å². The minimum atomic E-state index is 0.178. The van der Waals surface area contributed by atoms with Gasteiger partial charge in [0.1, 0.15) is 5.84 Å². The van der Waals surface area contributed by atoms with Crippen LogP contribution < -0.4 is 5.73 Å². The molecule has 0 radical (unpaired) electrons. The molecular weight excluding hydrogens is 338 g/mol. The van der Waals surface area contributed by atoms with Gasteiger partial charge in [0.05, 0.1) is 5.25 Å². The monoisotopic (exact) mass is 367 g/mol. The largest absolute Gasteiger partial charge is 0.398 e. The molecule has 4 heteroatoms. The maximum atomic E-state index is 6.35. The van der Waals surface area contributed by atoms with E-state index in [0.29, 0.717) is 0 Å². The van der Waals surface area contributed by atoms with Gasteiger partial charge in [-0.05, 0) is 51.8 Å². The van der Waals surface area contributed by atoms with E-state index in [2.05, 4.69) is 68.0 Å². The van der Waals surface area contributed by atoms with Crippen molar-refractivity contribution < 1.29 is 0 Å². The van der Waals surface area contributed by atoms with Gasteiger partial charge < -0.3 is 5.73 Å². The highest BCUT2D eigenvalue weighted by Crippen LogP contribution is 2.39. The van der Waals surface area contributed by atoms with E-state index in [0.717, 1.165) is 23.0 Å². The maximum Gasteiger partial charge on any atom is 0.119 e. The molecule has 2 aromatic rings. The van der Waals surface area contributed by atoms with Crippen LogP contribution in [0.15, 0.2) is 46.4 Å². The van der Waals surface area contributed by atoms with Gasteiger partial charge in [-0.3, -0.25) is 4.99 Å². The third kappa shape index (κ3) is 5.46. The van der Waals surface area contributed by atoms with Crippen molar-refractivity contribution in [3.63, 3.8) is 0 Å². The number of benzene rings is 2. The Bertz CT molecular complexity index is 817. The van der Waals surface area contributed by atoms with Crippen molar-refractivity contribution in [3.8, 4) is 0 Å². The van der Waals surface area contributed by atoms with E-state index in [1.807, 2.05) is 24.8 Å². The van der Waals surface area contributed by atoms with Crippen LogP contribution in [0.4, 0.5) is 5.69 Å². The molecule has 2 rings (SSSR count). The molecule has 0 aliphatic heterocycles. The third-order valence-electron chi connectivity index (χ3n) is 4.21. The molecule has 0 saturated heterocycles. The fourth-order valence-electron chi connectivity index (χ4n) is 3.01. The lowest BCUT2D eigenvalue weighted by Crippen LogP contribution is -2.07. The van der Waals surface area contributed by atoms with Crippen LogP contribution in [0.2, 0.25) is 0 Å². The Morgan fingerprint density at radius 1 is 1.00 bits per heavy atom. The number of amidine groups is 1. The molecule has 0 aromatic heterocycles. The summed E-state index contributed by atoms with van der Waals surface area (Å²) in [5.74, 6) is 1.64. The van der Waals surface area contributed by atoms with Crippen molar-refractivity contribution in [2.45, 2.75) is 39.9 Å². The molecule has 0 bridgehead atoms. The average molecular weight is 368 g/mol. The first-order valence-corrected chi connectivity index (χ1v) is 9.88. The Labute approximate surface area is 161 Å². The van der Waals surface area contributed by atoms with Gasteiger partial charge >= 0.3 is 0 Å². The van der Waals surface area contributed by atoms with Crippen LogP contribution in [0.5, 0.6) is 0 Å². The predicted octanol–water partition coefficient (Wildman–Crippen LogP) is 5.53. The smallest absolute Gasteiger partial charge is 0.119 e. The molecule has 26 heavy (non-hydrogen) atoms. The molecule has 0 aliphatic carbocycles. The number of aliphatic imine (C=N–C) groups is 2. The highest BCUT2D eigenvalue weighted by molar-refractivity contribution is 8.00. The molecule has 0 spiro atoms. The van der Waals surface area contributed by atoms with Crippen molar-refractivity contribution in [1.82, 2.24) is 0 Å². The van der Waals surface area contributed by atoms with Crippen LogP contribution in [0.3, 0.4) is 0 Å². The molecule has 0 saturated carbocycles. The average Bonchev–Trinajstić information content (AvgIpc) is 2.57. The highest BCUT2D eigenvalue weighted by Gasteiger charge is 2.19. The lowest BCUT2D eigenvalue weighted by atomic mass is 9.98. The number of nitrogens with two attached hydrogens (primary N) is 1. The van der Waals surface area contributed by atoms with Crippen molar-refractivity contribution >= 4 is 29.0 Å². The first kappa shape index (κ1) is 20.2. The summed E-state index contributed by atoms with van der Waals surface area (Å²) in [6, 6.07) is 13.0. The Kier molecular flexibility index (Phi) is 7.04. The van der Waals surface area contributed by atoms with Crippen molar-refractivity contribution in [1.29, 1.82) is 0 Å². The second-order valence-corrected chi connectivity index (χ2v) is 7.96. The second-order valence-electron chi connectivity index (χ2n) is 6.86. The van der Waals surface area contributed by atoms with Crippen molar-refractivity contribution in [3.05, 3.63) is 64.2 Å². The quantitative estimate of drug-likeness (QED) is 0.429. The van der Waals surface area contributed by atoms with Gasteiger partial charge in [0.15, 0.2) is 0 Å². The minimum absolute atomic E-state index is 0.178. The Balaban J connectivity index is 2.42. The number of rotatable bonds is 5. The number of nitrogens with zero attached hydrogens (tertiary/aromatic N) is 2. The van der Waals surface area contributed by atoms with E-state index >= 15 is 0 Å². The van der Waals surface area contributed by atoms with Crippen LogP contribution in [-0.2, 0) is 0 Å². The molecule has 0 heterocycles. The highest BCUT2D eigenvalue weighted by atomic mass is 32.2. The third-order valence-corrected chi connectivity index (χ3v) is 5.65. The van der Waals surface area contributed by atoms with Crippen molar-refractivity contribution in [2.75, 3.05) is 18.5 Å². The predicted molar refractivity (Wildman–Crippen MR) is 118 cm³/mol. The van der Waals surface area contributed by atoms with E-state index in [1.54, 1.807) is 7.05 Å². The van der Waals surface area contributed by atoms with E-state index in [9.17, 15) is 0 Å². The summed E-state index contributed by atoms with van der Waals surface area (Å²) >= 11 is 1.86. The summed E-state index contributed by atoms with van der Waals surface area (Å²) in [6.07, 6.45) is 0. The Hall–Kier alpha value is -2.07. The summed E-state index contributed by atoms with van der Waals surface area (Å²) in [7, 11) is 1.77. The minimum Gasteiger partial charge on any atom is -0.398 e. The van der Waals surface area contributed by atoms with Crippen LogP contribution in [0.1, 0.15) is 46.9 Å². The molecule has 2 aromatic carbocycles. The van der Waals surface area contributed by atoms with E-state index in [-0.39, 0.29) is 5.25 Å². The SMILES string of the molecule is CN=C(C)N=C(C)CSC(c1cc(C)cc(C)c1)c1cc(C)ccc1N. The summed E-state index contributed by atoms with van der Waals surface area (Å²) in [5.41, 5.74) is 14.5. The van der Waals surface area contributed by atoms with Crippen LogP contribution in [-0.4, -0.2) is 24.3 Å². The molecular formula is C22H29N3S. The number of thioether (sulfide) groups is 1. The summed E-state index contributed by atoms with van der Waals surface area (Å²) < 4.78 is 0. The van der Waals surface area contributed by atoms with Gasteiger partial charge in [0.2, 0.25) is 0 Å². The molecule has 1 unspecified atom stereocenters. The van der Waals surface area contributed by atoms with Gasteiger partial charge in [0.25, 0.3) is 0 Å². The van der Waals surface area contributed by atoms with Gasteiger partial charge in [0, 0.05) is 24.2 Å². The normalized spacial score (nSPS) is 13.8. The number of nitrogen functional groups attached to an aromatic ring is 1. The number of hydrogen-bond donors (Lipinski definition) is 1. The van der Waals surface area contributed by atoms with Crippen LogP contribution >= 0.6 is 11.8 Å². The zero-order chi connectivity index (χ0) is 19.3. The van der Waals surface area contributed by atoms with Gasteiger partial charge in [-0.2, -0.15) is 0 Å². The van der Waals surface area contributed by atoms with Crippen LogP contribution in [0, 0.1) is 20.8 Å². The lowest BCUT2D eigenvalue weighted by Gasteiger charge is -2.21. The standard InChI is InChI=1S/C22H29N3S/c1-14-7-8-21(23)20(12-14)22(19-10-15(2)9-16(3)11-19)26-13-17(4)25-18(5)24-6/h7-12,22H,13,23H2,1-6H3. The fraction of sp³-hybridized carbons (Fsp3) is 0.364. The van der Waals surface area contributed by atoms with Gasteiger partial charge in [-0.25, -0.2) is 4.99 Å². The summed E-state index contributed by atoms with van der Waals surface area (Å²) in [5, 5.41) is 0.178. The number of aryl methyl sites for hydroxylation is 3. The first-order valence-electron chi connectivity index (χ1n) is 8.83. The summed E-state index contributed by atoms with van der Waals surface area (Å²) in [4.78, 5) is 8.67. The van der Waals surface area contributed by atoms with E-state index in [4.69, 9.17) is 5.73 Å². The lowest BCUT2D eigenvalue weighted by molar-refractivity contribution is 1.13. The van der Waals surface area contributed by atoms with Gasteiger partial charge in [-0.15, -0.1) is 11.8 Å². The topological polar surface area (TPSA) is 50.7 Å².